The first-order chi connectivity index (χ1) is 8.20. The summed E-state index contributed by atoms with van der Waals surface area (Å²) in [7, 11) is 1.78. The van der Waals surface area contributed by atoms with Gasteiger partial charge in [0.25, 0.3) is 0 Å². The third-order valence-electron chi connectivity index (χ3n) is 2.70. The topological polar surface area (TPSA) is 46.9 Å². The molecule has 102 valence electrons. The highest BCUT2D eigenvalue weighted by atomic mass is 35.5. The average Bonchev–Trinajstić information content (AvgIpc) is 2.43. The molecule has 0 fully saturated rings. The van der Waals surface area contributed by atoms with E-state index in [1.807, 2.05) is 6.92 Å². The number of halogens is 1. The highest BCUT2D eigenvalue weighted by Gasteiger charge is 2.15. The summed E-state index contributed by atoms with van der Waals surface area (Å²) in [6.45, 7) is 8.82. The standard InChI is InChI=1S/C13H22ClN3O/c1-9-11(12(14)17(5)16-9)8-10(18)6-7-15-13(2,3)4/h15H,6-8H2,1-5H3. The molecule has 5 heteroatoms. The van der Waals surface area contributed by atoms with Gasteiger partial charge in [0, 0.05) is 37.5 Å². The zero-order chi connectivity index (χ0) is 13.9. The summed E-state index contributed by atoms with van der Waals surface area (Å²) >= 11 is 6.10. The number of hydrogen-bond acceptors (Lipinski definition) is 3. The molecule has 18 heavy (non-hydrogen) atoms. The molecule has 1 aromatic heterocycles. The Labute approximate surface area is 114 Å². The van der Waals surface area contributed by atoms with Crippen LogP contribution >= 0.6 is 11.6 Å². The zero-order valence-corrected chi connectivity index (χ0v) is 12.6. The van der Waals surface area contributed by atoms with Crippen molar-refractivity contribution in [2.75, 3.05) is 6.54 Å². The maximum atomic E-state index is 11.9. The van der Waals surface area contributed by atoms with Crippen molar-refractivity contribution in [1.29, 1.82) is 0 Å². The Balaban J connectivity index is 2.50. The Morgan fingerprint density at radius 1 is 1.44 bits per heavy atom. The number of ketones is 1. The van der Waals surface area contributed by atoms with E-state index < -0.39 is 0 Å². The van der Waals surface area contributed by atoms with E-state index in [2.05, 4.69) is 31.2 Å². The summed E-state index contributed by atoms with van der Waals surface area (Å²) in [5.74, 6) is 0.185. The predicted octanol–water partition coefficient (Wildman–Crippen LogP) is 2.27. The largest absolute Gasteiger partial charge is 0.312 e. The first-order valence-electron chi connectivity index (χ1n) is 6.15. The van der Waals surface area contributed by atoms with E-state index in [9.17, 15) is 4.79 Å². The van der Waals surface area contributed by atoms with E-state index in [0.29, 0.717) is 24.5 Å². The van der Waals surface area contributed by atoms with Gasteiger partial charge in [0.2, 0.25) is 0 Å². The number of carbonyl (C=O) groups excluding carboxylic acids is 1. The van der Waals surface area contributed by atoms with Crippen molar-refractivity contribution in [3.63, 3.8) is 0 Å². The number of aryl methyl sites for hydroxylation is 2. The average molecular weight is 272 g/mol. The molecule has 0 spiro atoms. The predicted molar refractivity (Wildman–Crippen MR) is 74.0 cm³/mol. The number of carbonyl (C=O) groups is 1. The van der Waals surface area contributed by atoms with Crippen molar-refractivity contribution in [3.8, 4) is 0 Å². The van der Waals surface area contributed by atoms with Crippen molar-refractivity contribution < 1.29 is 4.79 Å². The maximum absolute atomic E-state index is 11.9. The molecule has 0 aliphatic carbocycles. The van der Waals surface area contributed by atoms with Crippen LogP contribution in [0.3, 0.4) is 0 Å². The molecule has 0 amide bonds. The molecular weight excluding hydrogens is 250 g/mol. The maximum Gasteiger partial charge on any atom is 0.138 e. The number of hydrogen-bond donors (Lipinski definition) is 1. The van der Waals surface area contributed by atoms with Gasteiger partial charge in [0.1, 0.15) is 10.9 Å². The molecule has 0 saturated heterocycles. The lowest BCUT2D eigenvalue weighted by atomic mass is 10.1. The second-order valence-electron chi connectivity index (χ2n) is 5.62. The first-order valence-corrected chi connectivity index (χ1v) is 6.53. The Morgan fingerprint density at radius 2 is 2.06 bits per heavy atom. The Hall–Kier alpha value is -0.870. The summed E-state index contributed by atoms with van der Waals surface area (Å²) in [5.41, 5.74) is 1.72. The molecule has 1 rings (SSSR count). The van der Waals surface area contributed by atoms with E-state index in [0.717, 1.165) is 11.3 Å². The van der Waals surface area contributed by atoms with Crippen LogP contribution in [0.25, 0.3) is 0 Å². The van der Waals surface area contributed by atoms with Crippen LogP contribution in [-0.2, 0) is 18.3 Å². The van der Waals surface area contributed by atoms with Crippen molar-refractivity contribution in [3.05, 3.63) is 16.4 Å². The molecule has 0 aliphatic heterocycles. The molecular formula is C13H22ClN3O. The van der Waals surface area contributed by atoms with Gasteiger partial charge < -0.3 is 5.32 Å². The molecule has 1 heterocycles. The van der Waals surface area contributed by atoms with Crippen molar-refractivity contribution in [2.45, 2.75) is 46.1 Å². The monoisotopic (exact) mass is 271 g/mol. The van der Waals surface area contributed by atoms with Crippen LogP contribution < -0.4 is 5.32 Å². The van der Waals surface area contributed by atoms with Crippen LogP contribution in [0.2, 0.25) is 5.15 Å². The molecule has 1 aromatic rings. The number of rotatable bonds is 5. The second-order valence-corrected chi connectivity index (χ2v) is 5.98. The summed E-state index contributed by atoms with van der Waals surface area (Å²) in [5, 5.41) is 8.06. The van der Waals surface area contributed by atoms with Gasteiger partial charge in [0.05, 0.1) is 5.69 Å². The van der Waals surface area contributed by atoms with E-state index in [1.54, 1.807) is 11.7 Å². The van der Waals surface area contributed by atoms with E-state index in [-0.39, 0.29) is 11.3 Å². The minimum Gasteiger partial charge on any atom is -0.312 e. The number of Topliss-reactive ketones (excluding diaryl/α,β-unsaturated/α-hetero) is 1. The molecule has 0 radical (unpaired) electrons. The Kier molecular flexibility index (Phi) is 4.93. The van der Waals surface area contributed by atoms with Crippen LogP contribution in [-0.4, -0.2) is 27.6 Å². The molecule has 0 aromatic carbocycles. The lowest BCUT2D eigenvalue weighted by Gasteiger charge is -2.20. The van der Waals surface area contributed by atoms with Gasteiger partial charge in [-0.05, 0) is 27.7 Å². The van der Waals surface area contributed by atoms with Gasteiger partial charge in [-0.25, -0.2) is 0 Å². The van der Waals surface area contributed by atoms with Crippen LogP contribution in [0.5, 0.6) is 0 Å². The lowest BCUT2D eigenvalue weighted by Crippen LogP contribution is -2.37. The molecule has 0 saturated carbocycles. The third kappa shape index (κ3) is 4.42. The van der Waals surface area contributed by atoms with Crippen molar-refractivity contribution in [1.82, 2.24) is 15.1 Å². The van der Waals surface area contributed by atoms with Crippen molar-refractivity contribution >= 4 is 17.4 Å². The van der Waals surface area contributed by atoms with E-state index in [1.165, 1.54) is 0 Å². The van der Waals surface area contributed by atoms with E-state index >= 15 is 0 Å². The molecule has 1 N–H and O–H groups in total. The quantitative estimate of drug-likeness (QED) is 0.894. The number of nitrogens with one attached hydrogen (secondary N) is 1. The SMILES string of the molecule is Cc1nn(C)c(Cl)c1CC(=O)CCNC(C)(C)C. The highest BCUT2D eigenvalue weighted by molar-refractivity contribution is 6.30. The van der Waals surface area contributed by atoms with Crippen LogP contribution in [0.15, 0.2) is 0 Å². The van der Waals surface area contributed by atoms with Gasteiger partial charge in [0.15, 0.2) is 0 Å². The van der Waals surface area contributed by atoms with Gasteiger partial charge in [-0.2, -0.15) is 5.10 Å². The first kappa shape index (κ1) is 15.2. The Bertz CT molecular complexity index is 432. The smallest absolute Gasteiger partial charge is 0.138 e. The van der Waals surface area contributed by atoms with Gasteiger partial charge >= 0.3 is 0 Å². The zero-order valence-electron chi connectivity index (χ0n) is 11.8. The normalized spacial score (nSPS) is 11.9. The fourth-order valence-electron chi connectivity index (χ4n) is 1.74. The van der Waals surface area contributed by atoms with Gasteiger partial charge in [-0.1, -0.05) is 11.6 Å². The minimum absolute atomic E-state index is 0.0438. The molecule has 4 nitrogen and oxygen atoms in total. The summed E-state index contributed by atoms with van der Waals surface area (Å²) < 4.78 is 1.60. The van der Waals surface area contributed by atoms with Gasteiger partial charge in [-0.15, -0.1) is 0 Å². The second kappa shape index (κ2) is 5.85. The lowest BCUT2D eigenvalue weighted by molar-refractivity contribution is -0.118. The minimum atomic E-state index is 0.0438. The van der Waals surface area contributed by atoms with Crippen LogP contribution in [0.1, 0.15) is 38.4 Å². The van der Waals surface area contributed by atoms with Crippen LogP contribution in [0, 0.1) is 6.92 Å². The Morgan fingerprint density at radius 3 is 2.50 bits per heavy atom. The summed E-state index contributed by atoms with van der Waals surface area (Å²) in [6, 6.07) is 0. The fourth-order valence-corrected chi connectivity index (χ4v) is 1.98. The number of nitrogens with zero attached hydrogens (tertiary/aromatic N) is 2. The third-order valence-corrected chi connectivity index (χ3v) is 3.18. The molecule has 0 bridgehead atoms. The number of aromatic nitrogens is 2. The molecule has 0 unspecified atom stereocenters. The fraction of sp³-hybridized carbons (Fsp3) is 0.692. The highest BCUT2D eigenvalue weighted by Crippen LogP contribution is 2.19. The summed E-state index contributed by atoms with van der Waals surface area (Å²) in [4.78, 5) is 11.9. The van der Waals surface area contributed by atoms with Crippen LogP contribution in [0.4, 0.5) is 0 Å². The van der Waals surface area contributed by atoms with Gasteiger partial charge in [-0.3, -0.25) is 9.48 Å². The molecule has 0 atom stereocenters. The van der Waals surface area contributed by atoms with E-state index in [4.69, 9.17) is 11.6 Å². The summed E-state index contributed by atoms with van der Waals surface area (Å²) in [6.07, 6.45) is 0.881. The van der Waals surface area contributed by atoms with Crippen molar-refractivity contribution in [2.24, 2.45) is 7.05 Å². The molecule has 0 aliphatic rings.